The Labute approximate surface area is 316 Å². The van der Waals surface area contributed by atoms with E-state index in [1.54, 1.807) is 13.8 Å². The summed E-state index contributed by atoms with van der Waals surface area (Å²) >= 11 is 0. The van der Waals surface area contributed by atoms with Gasteiger partial charge in [0.05, 0.1) is 6.61 Å². The standard InChI is InChI=1S/C35H50FN7O12/c1-19(2)28(41-24(45)8-4-3-5-16-43-25(46)13-14-26(43)47)32(50)40-22(7-6-15-38-34(37)52)31(49)39-21-11-9-20(10-12-21)18-54-35(53)42-29-30(48)27(36)23(17-44)55-33(29)51/h9-14,19,22-23,27-30,33,44,48,51H,3-8,15-18H2,1-2H3,(H,39,49)(H,40,50)(H,41,45)(H,42,53)(H3,37,38,52)/t22?,23?,27-,28?,29-,30+,33?/m1/s1. The summed E-state index contributed by atoms with van der Waals surface area (Å²) in [5.41, 5.74) is 5.91. The minimum atomic E-state index is -2.07. The number of alkyl carbamates (subject to hydrolysis) is 1. The molecule has 55 heavy (non-hydrogen) atoms. The van der Waals surface area contributed by atoms with Gasteiger partial charge in [0.2, 0.25) is 17.7 Å². The number of primary amides is 1. The van der Waals surface area contributed by atoms with E-state index >= 15 is 0 Å². The topological polar surface area (TPSA) is 288 Å². The number of hydrogen-bond acceptors (Lipinski definition) is 12. The average molecular weight is 780 g/mol. The molecule has 1 aromatic carbocycles. The number of anilines is 1. The van der Waals surface area contributed by atoms with Gasteiger partial charge >= 0.3 is 12.1 Å². The van der Waals surface area contributed by atoms with Gasteiger partial charge < -0.3 is 57.1 Å². The number of urea groups is 1. The lowest BCUT2D eigenvalue weighted by molar-refractivity contribution is -0.239. The maximum absolute atomic E-state index is 14.2. The molecule has 0 aromatic heterocycles. The van der Waals surface area contributed by atoms with Crippen LogP contribution in [-0.4, -0.2) is 124 Å². The van der Waals surface area contributed by atoms with E-state index in [-0.39, 0.29) is 62.6 Å². The second-order valence-corrected chi connectivity index (χ2v) is 13.4. The van der Waals surface area contributed by atoms with Crippen LogP contribution >= 0.6 is 0 Å². The molecular formula is C35H50FN7O12. The van der Waals surface area contributed by atoms with E-state index in [0.29, 0.717) is 30.5 Å². The Balaban J connectivity index is 1.52. The van der Waals surface area contributed by atoms with E-state index in [2.05, 4.69) is 26.6 Å². The Kier molecular flexibility index (Phi) is 17.4. The number of halogens is 1. The Bertz CT molecular complexity index is 1530. The quantitative estimate of drug-likeness (QED) is 0.0580. The monoisotopic (exact) mass is 779 g/mol. The van der Waals surface area contributed by atoms with Crippen LogP contribution in [-0.2, 0) is 40.1 Å². The second-order valence-electron chi connectivity index (χ2n) is 13.4. The highest BCUT2D eigenvalue weighted by atomic mass is 19.1. The van der Waals surface area contributed by atoms with Gasteiger partial charge in [-0.2, -0.15) is 0 Å². The zero-order valence-corrected chi connectivity index (χ0v) is 30.6. The van der Waals surface area contributed by atoms with E-state index in [9.17, 15) is 48.2 Å². The molecule has 20 heteroatoms. The van der Waals surface area contributed by atoms with Crippen molar-refractivity contribution < 1.29 is 62.7 Å². The van der Waals surface area contributed by atoms with Crippen molar-refractivity contribution in [3.63, 3.8) is 0 Å². The van der Waals surface area contributed by atoms with E-state index in [1.807, 2.05) is 0 Å². The molecule has 4 unspecified atom stereocenters. The minimum Gasteiger partial charge on any atom is -0.445 e. The predicted octanol–water partition coefficient (Wildman–Crippen LogP) is -0.812. The number of alkyl halides is 1. The Morgan fingerprint density at radius 1 is 0.964 bits per heavy atom. The van der Waals surface area contributed by atoms with Crippen LogP contribution in [0.3, 0.4) is 0 Å². The SMILES string of the molecule is CC(C)C(NC(=O)CCCCCN1C(=O)C=CC1=O)C(=O)NC(CCCNC(N)=O)C(=O)Nc1ccc(COC(=O)N[C@H]2C(O)OC(CO)[C@@H](F)[C@@H]2O)cc1. The van der Waals surface area contributed by atoms with Crippen LogP contribution in [0.15, 0.2) is 36.4 Å². The number of aliphatic hydroxyl groups excluding tert-OH is 3. The van der Waals surface area contributed by atoms with Gasteiger partial charge in [0, 0.05) is 37.3 Å². The molecule has 1 saturated heterocycles. The highest BCUT2D eigenvalue weighted by Gasteiger charge is 2.45. The van der Waals surface area contributed by atoms with Gasteiger partial charge in [-0.1, -0.05) is 32.4 Å². The van der Waals surface area contributed by atoms with Crippen molar-refractivity contribution in [2.24, 2.45) is 11.7 Å². The number of amides is 8. The fourth-order valence-electron chi connectivity index (χ4n) is 5.68. The zero-order valence-electron chi connectivity index (χ0n) is 30.6. The van der Waals surface area contributed by atoms with Gasteiger partial charge in [-0.25, -0.2) is 14.0 Å². The first-order chi connectivity index (χ1) is 26.1. The smallest absolute Gasteiger partial charge is 0.407 e. The maximum Gasteiger partial charge on any atom is 0.407 e. The molecule has 0 spiro atoms. The normalized spacial score (nSPS) is 21.8. The van der Waals surface area contributed by atoms with Crippen molar-refractivity contribution in [3.05, 3.63) is 42.0 Å². The van der Waals surface area contributed by atoms with Crippen molar-refractivity contribution in [1.82, 2.24) is 26.2 Å². The van der Waals surface area contributed by atoms with Crippen LogP contribution in [0.5, 0.6) is 0 Å². The number of hydrogen-bond donors (Lipinski definition) is 9. The van der Waals surface area contributed by atoms with Gasteiger partial charge in [-0.15, -0.1) is 0 Å². The minimum absolute atomic E-state index is 0.0917. The van der Waals surface area contributed by atoms with Crippen molar-refractivity contribution in [3.8, 4) is 0 Å². The molecule has 7 atom stereocenters. The number of nitrogens with two attached hydrogens (primary N) is 1. The van der Waals surface area contributed by atoms with Crippen LogP contribution < -0.4 is 32.3 Å². The van der Waals surface area contributed by atoms with Gasteiger partial charge in [0.25, 0.3) is 11.8 Å². The molecule has 2 aliphatic heterocycles. The fraction of sp³-hybridized carbons (Fsp3) is 0.571. The van der Waals surface area contributed by atoms with E-state index in [0.717, 1.165) is 4.90 Å². The largest absolute Gasteiger partial charge is 0.445 e. The van der Waals surface area contributed by atoms with Crippen molar-refractivity contribution >= 4 is 47.3 Å². The van der Waals surface area contributed by atoms with Crippen molar-refractivity contribution in [1.29, 1.82) is 0 Å². The molecule has 1 aromatic rings. The van der Waals surface area contributed by atoms with Crippen LogP contribution in [0.2, 0.25) is 0 Å². The summed E-state index contributed by atoms with van der Waals surface area (Å²) in [5, 5.41) is 41.8. The highest BCUT2D eigenvalue weighted by molar-refractivity contribution is 6.12. The molecule has 3 rings (SSSR count). The van der Waals surface area contributed by atoms with E-state index in [4.69, 9.17) is 20.3 Å². The third-order valence-corrected chi connectivity index (χ3v) is 8.78. The Morgan fingerprint density at radius 3 is 2.25 bits per heavy atom. The molecule has 0 radical (unpaired) electrons. The lowest BCUT2D eigenvalue weighted by Crippen LogP contribution is -2.63. The van der Waals surface area contributed by atoms with Gasteiger partial charge in [0.1, 0.15) is 36.9 Å². The number of nitrogens with zero attached hydrogens (tertiary/aromatic N) is 1. The summed E-state index contributed by atoms with van der Waals surface area (Å²) < 4.78 is 24.2. The number of benzene rings is 1. The number of imide groups is 1. The fourth-order valence-corrected chi connectivity index (χ4v) is 5.68. The van der Waals surface area contributed by atoms with E-state index < -0.39 is 73.3 Å². The number of nitrogens with one attached hydrogen (secondary N) is 5. The van der Waals surface area contributed by atoms with Gasteiger partial charge in [0.15, 0.2) is 12.5 Å². The Morgan fingerprint density at radius 2 is 1.64 bits per heavy atom. The molecular weight excluding hydrogens is 729 g/mol. The maximum atomic E-state index is 14.2. The lowest BCUT2D eigenvalue weighted by atomic mass is 9.98. The molecule has 0 aliphatic carbocycles. The average Bonchev–Trinajstić information content (AvgIpc) is 3.46. The first-order valence-electron chi connectivity index (χ1n) is 17.9. The molecule has 10 N–H and O–H groups in total. The zero-order chi connectivity index (χ0) is 40.7. The summed E-state index contributed by atoms with van der Waals surface area (Å²) in [4.78, 5) is 87.5. The number of aliphatic hydroxyl groups is 3. The summed E-state index contributed by atoms with van der Waals surface area (Å²) in [6.07, 6.45) is -3.90. The number of ether oxygens (including phenoxy) is 2. The lowest BCUT2D eigenvalue weighted by Gasteiger charge is -2.38. The summed E-state index contributed by atoms with van der Waals surface area (Å²) in [7, 11) is 0. The molecule has 0 bridgehead atoms. The number of unbranched alkanes of at least 4 members (excludes halogenated alkanes) is 2. The second kappa shape index (κ2) is 21.6. The van der Waals surface area contributed by atoms with Gasteiger partial charge in [-0.3, -0.25) is 28.9 Å². The third kappa shape index (κ3) is 13.9. The molecule has 2 heterocycles. The van der Waals surface area contributed by atoms with E-state index in [1.165, 1.54) is 36.4 Å². The van der Waals surface area contributed by atoms with Crippen LogP contribution in [0.1, 0.15) is 57.9 Å². The van der Waals surface area contributed by atoms with Crippen molar-refractivity contribution in [2.75, 3.05) is 25.0 Å². The first-order valence-corrected chi connectivity index (χ1v) is 17.9. The third-order valence-electron chi connectivity index (χ3n) is 8.78. The van der Waals surface area contributed by atoms with Crippen molar-refractivity contribution in [2.45, 2.75) is 102 Å². The first kappa shape index (κ1) is 44.2. The van der Waals surface area contributed by atoms with Gasteiger partial charge in [-0.05, 0) is 49.3 Å². The molecule has 304 valence electrons. The Hall–Kier alpha value is -5.18. The summed E-state index contributed by atoms with van der Waals surface area (Å²) in [6, 6.07) is 1.66. The highest BCUT2D eigenvalue weighted by Crippen LogP contribution is 2.22. The molecule has 2 aliphatic rings. The molecule has 1 fully saturated rings. The van der Waals surface area contributed by atoms with Crippen LogP contribution in [0.4, 0.5) is 19.7 Å². The van der Waals surface area contributed by atoms with Crippen LogP contribution in [0, 0.1) is 5.92 Å². The summed E-state index contributed by atoms with van der Waals surface area (Å²) in [5.74, 6) is -2.69. The molecule has 0 saturated carbocycles. The van der Waals surface area contributed by atoms with Crippen LogP contribution in [0.25, 0.3) is 0 Å². The molecule has 19 nitrogen and oxygen atoms in total. The number of rotatable bonds is 20. The summed E-state index contributed by atoms with van der Waals surface area (Å²) in [6.45, 7) is 2.75. The predicted molar refractivity (Wildman–Crippen MR) is 191 cm³/mol. The number of carbonyl (C=O) groups is 7. The number of carbonyl (C=O) groups excluding carboxylic acids is 7. The molecule has 8 amide bonds.